The number of hydrogen-bond donors (Lipinski definition) is 1. The molecule has 0 spiro atoms. The molecule has 0 unspecified atom stereocenters. The van der Waals surface area contributed by atoms with Crippen LogP contribution in [0, 0.1) is 0 Å². The fourth-order valence-electron chi connectivity index (χ4n) is 2.17. The molecule has 0 saturated carbocycles. The van der Waals surface area contributed by atoms with Crippen LogP contribution in [0.3, 0.4) is 0 Å². The Balaban J connectivity index is 1.75. The van der Waals surface area contributed by atoms with E-state index in [1.54, 1.807) is 22.9 Å². The minimum atomic E-state index is -0.245. The Morgan fingerprint density at radius 3 is 2.65 bits per heavy atom. The highest BCUT2D eigenvalue weighted by Crippen LogP contribution is 2.17. The van der Waals surface area contributed by atoms with Crippen molar-refractivity contribution in [3.05, 3.63) is 66.0 Å². The smallest absolute Gasteiger partial charge is 0.255 e. The van der Waals surface area contributed by atoms with Crippen LogP contribution in [0.15, 0.2) is 54.6 Å². The monoisotopic (exact) mass is 309 g/mol. The Labute approximate surface area is 132 Å². The maximum atomic E-state index is 12.3. The number of ether oxygens (including phenoxy) is 1. The fourth-order valence-corrected chi connectivity index (χ4v) is 2.17. The van der Waals surface area contributed by atoms with E-state index in [2.05, 4.69) is 20.8 Å². The standard InChI is InChI=1S/C16H15N5O2/c1-23-14-10-6-5-9-13(14)16(22)17-11-15-18-19-20-21(15)12-7-3-2-4-8-12/h2-10H,11H2,1H3,(H,17,22). The molecule has 7 heteroatoms. The molecule has 2 aromatic carbocycles. The van der Waals surface area contributed by atoms with Crippen molar-refractivity contribution < 1.29 is 9.53 Å². The summed E-state index contributed by atoms with van der Waals surface area (Å²) in [5.74, 6) is 0.817. The molecule has 0 atom stereocenters. The minimum Gasteiger partial charge on any atom is -0.496 e. The molecule has 0 radical (unpaired) electrons. The zero-order valence-electron chi connectivity index (χ0n) is 12.5. The van der Waals surface area contributed by atoms with Crippen LogP contribution in [-0.2, 0) is 6.54 Å². The number of rotatable bonds is 5. The van der Waals surface area contributed by atoms with Crippen LogP contribution in [0.25, 0.3) is 5.69 Å². The number of amides is 1. The van der Waals surface area contributed by atoms with Gasteiger partial charge >= 0.3 is 0 Å². The summed E-state index contributed by atoms with van der Waals surface area (Å²) in [6, 6.07) is 16.5. The summed E-state index contributed by atoms with van der Waals surface area (Å²) >= 11 is 0. The molecule has 1 heterocycles. The van der Waals surface area contributed by atoms with Gasteiger partial charge in [-0.1, -0.05) is 30.3 Å². The van der Waals surface area contributed by atoms with Crippen molar-refractivity contribution in [1.82, 2.24) is 25.5 Å². The molecule has 116 valence electrons. The SMILES string of the molecule is COc1ccccc1C(=O)NCc1nnnn1-c1ccccc1. The van der Waals surface area contributed by atoms with Crippen LogP contribution >= 0.6 is 0 Å². The quantitative estimate of drug-likeness (QED) is 0.774. The largest absolute Gasteiger partial charge is 0.496 e. The van der Waals surface area contributed by atoms with E-state index >= 15 is 0 Å². The topological polar surface area (TPSA) is 81.9 Å². The summed E-state index contributed by atoms with van der Waals surface area (Å²) in [4.78, 5) is 12.3. The zero-order chi connectivity index (χ0) is 16.1. The second-order valence-electron chi connectivity index (χ2n) is 4.73. The van der Waals surface area contributed by atoms with Crippen LogP contribution in [-0.4, -0.2) is 33.2 Å². The van der Waals surface area contributed by atoms with Crippen molar-refractivity contribution in [1.29, 1.82) is 0 Å². The number of nitrogens with one attached hydrogen (secondary N) is 1. The molecule has 0 aliphatic rings. The third-order valence-corrected chi connectivity index (χ3v) is 3.29. The molecule has 0 aliphatic heterocycles. The van der Waals surface area contributed by atoms with Gasteiger partial charge in [-0.15, -0.1) is 5.10 Å². The van der Waals surface area contributed by atoms with Crippen molar-refractivity contribution in [2.45, 2.75) is 6.54 Å². The van der Waals surface area contributed by atoms with Gasteiger partial charge in [0.25, 0.3) is 5.91 Å². The van der Waals surface area contributed by atoms with E-state index in [4.69, 9.17) is 4.74 Å². The van der Waals surface area contributed by atoms with E-state index in [9.17, 15) is 4.79 Å². The van der Waals surface area contributed by atoms with Crippen LogP contribution in [0.2, 0.25) is 0 Å². The van der Waals surface area contributed by atoms with Gasteiger partial charge in [0.05, 0.1) is 24.9 Å². The fraction of sp³-hybridized carbons (Fsp3) is 0.125. The predicted octanol–water partition coefficient (Wildman–Crippen LogP) is 1.60. The number of carbonyl (C=O) groups excluding carboxylic acids is 1. The van der Waals surface area contributed by atoms with Crippen LogP contribution in [0.5, 0.6) is 5.75 Å². The van der Waals surface area contributed by atoms with E-state index in [0.717, 1.165) is 5.69 Å². The molecule has 1 N–H and O–H groups in total. The van der Waals surface area contributed by atoms with Crippen LogP contribution in [0.4, 0.5) is 0 Å². The Hall–Kier alpha value is -3.22. The van der Waals surface area contributed by atoms with Crippen molar-refractivity contribution in [3.8, 4) is 11.4 Å². The van der Waals surface area contributed by atoms with E-state index in [0.29, 0.717) is 17.1 Å². The Morgan fingerprint density at radius 2 is 1.87 bits per heavy atom. The number of nitrogens with zero attached hydrogens (tertiary/aromatic N) is 4. The lowest BCUT2D eigenvalue weighted by atomic mass is 10.2. The van der Waals surface area contributed by atoms with Crippen molar-refractivity contribution >= 4 is 5.91 Å². The lowest BCUT2D eigenvalue weighted by Crippen LogP contribution is -2.25. The van der Waals surface area contributed by atoms with Gasteiger partial charge in [-0.05, 0) is 34.7 Å². The van der Waals surface area contributed by atoms with Gasteiger partial charge in [-0.3, -0.25) is 4.79 Å². The Morgan fingerprint density at radius 1 is 1.13 bits per heavy atom. The molecule has 1 amide bonds. The molecule has 3 aromatic rings. The van der Waals surface area contributed by atoms with Crippen molar-refractivity contribution in [3.63, 3.8) is 0 Å². The van der Waals surface area contributed by atoms with Crippen LogP contribution in [0.1, 0.15) is 16.2 Å². The highest BCUT2D eigenvalue weighted by atomic mass is 16.5. The van der Waals surface area contributed by atoms with Gasteiger partial charge in [-0.25, -0.2) is 0 Å². The van der Waals surface area contributed by atoms with Gasteiger partial charge in [-0.2, -0.15) is 4.68 Å². The number of benzene rings is 2. The number of para-hydroxylation sites is 2. The lowest BCUT2D eigenvalue weighted by molar-refractivity contribution is 0.0946. The average molecular weight is 309 g/mol. The number of tetrazole rings is 1. The minimum absolute atomic E-state index is 0.207. The zero-order valence-corrected chi connectivity index (χ0v) is 12.5. The third-order valence-electron chi connectivity index (χ3n) is 3.29. The second-order valence-corrected chi connectivity index (χ2v) is 4.73. The summed E-state index contributed by atoms with van der Waals surface area (Å²) in [6.07, 6.45) is 0. The molecule has 23 heavy (non-hydrogen) atoms. The average Bonchev–Trinajstić information content (AvgIpc) is 3.09. The number of aromatic nitrogens is 4. The Bertz CT molecular complexity index is 801. The highest BCUT2D eigenvalue weighted by Gasteiger charge is 2.13. The Kier molecular flexibility index (Phi) is 4.28. The van der Waals surface area contributed by atoms with Crippen molar-refractivity contribution in [2.24, 2.45) is 0 Å². The maximum absolute atomic E-state index is 12.3. The summed E-state index contributed by atoms with van der Waals surface area (Å²) in [7, 11) is 1.53. The molecule has 0 fully saturated rings. The second kappa shape index (κ2) is 6.69. The summed E-state index contributed by atoms with van der Waals surface area (Å²) in [6.45, 7) is 0.207. The first-order valence-electron chi connectivity index (χ1n) is 7.03. The highest BCUT2D eigenvalue weighted by molar-refractivity contribution is 5.96. The molecule has 0 aliphatic carbocycles. The summed E-state index contributed by atoms with van der Waals surface area (Å²) in [5.41, 5.74) is 1.30. The molecular weight excluding hydrogens is 294 g/mol. The predicted molar refractivity (Wildman–Crippen MR) is 83.3 cm³/mol. The first kappa shape index (κ1) is 14.7. The molecule has 7 nitrogen and oxygen atoms in total. The van der Waals surface area contributed by atoms with E-state index in [1.165, 1.54) is 7.11 Å². The normalized spacial score (nSPS) is 10.3. The van der Waals surface area contributed by atoms with E-state index < -0.39 is 0 Å². The molecule has 0 bridgehead atoms. The van der Waals surface area contributed by atoms with E-state index in [-0.39, 0.29) is 12.5 Å². The number of methoxy groups -OCH3 is 1. The van der Waals surface area contributed by atoms with Crippen LogP contribution < -0.4 is 10.1 Å². The first-order chi connectivity index (χ1) is 11.3. The molecular formula is C16H15N5O2. The number of hydrogen-bond acceptors (Lipinski definition) is 5. The summed E-state index contributed by atoms with van der Waals surface area (Å²) < 4.78 is 6.78. The number of carbonyl (C=O) groups is 1. The molecule has 1 aromatic heterocycles. The van der Waals surface area contributed by atoms with E-state index in [1.807, 2.05) is 36.4 Å². The third kappa shape index (κ3) is 3.18. The first-order valence-corrected chi connectivity index (χ1v) is 7.03. The van der Waals surface area contributed by atoms with Gasteiger partial charge in [0.1, 0.15) is 5.75 Å². The van der Waals surface area contributed by atoms with Crippen molar-refractivity contribution in [2.75, 3.05) is 7.11 Å². The molecule has 0 saturated heterocycles. The van der Waals surface area contributed by atoms with Gasteiger partial charge in [0.15, 0.2) is 5.82 Å². The van der Waals surface area contributed by atoms with Gasteiger partial charge in [0.2, 0.25) is 0 Å². The maximum Gasteiger partial charge on any atom is 0.255 e. The molecule has 3 rings (SSSR count). The van der Waals surface area contributed by atoms with Gasteiger partial charge in [0, 0.05) is 0 Å². The van der Waals surface area contributed by atoms with Gasteiger partial charge < -0.3 is 10.1 Å². The lowest BCUT2D eigenvalue weighted by Gasteiger charge is -2.09. The summed E-state index contributed by atoms with van der Waals surface area (Å²) in [5, 5.41) is 14.4.